The molecule has 2 rings (SSSR count). The topological polar surface area (TPSA) is 0 Å². The normalized spacial score (nSPS) is 9.35. The summed E-state index contributed by atoms with van der Waals surface area (Å²) in [4.78, 5) is 0. The molecule has 0 heterocycles. The molecule has 0 saturated carbocycles. The first-order valence-corrected chi connectivity index (χ1v) is 9.36. The Bertz CT molecular complexity index is 464. The number of hydrogen-bond acceptors (Lipinski definition) is 0. The molecule has 0 N–H and O–H groups in total. The van der Waals surface area contributed by atoms with E-state index in [1.165, 1.54) is 11.1 Å². The van der Waals surface area contributed by atoms with Crippen molar-refractivity contribution < 1.29 is 58.9 Å². The van der Waals surface area contributed by atoms with Gasteiger partial charge in [0.15, 0.2) is 0 Å². The van der Waals surface area contributed by atoms with E-state index in [-0.39, 0.29) is 58.9 Å². The van der Waals surface area contributed by atoms with Gasteiger partial charge in [-0.05, 0) is 6.42 Å². The van der Waals surface area contributed by atoms with Gasteiger partial charge in [-0.2, -0.15) is 17.7 Å². The Balaban J connectivity index is -0.000000722. The van der Waals surface area contributed by atoms with E-state index in [0.717, 1.165) is 6.42 Å². The fraction of sp³-hybridized carbons (Fsp3) is 0.267. The van der Waals surface area contributed by atoms with Crippen molar-refractivity contribution in [3.8, 4) is 0 Å². The van der Waals surface area contributed by atoms with Crippen LogP contribution in [0.2, 0.25) is 19.6 Å². The maximum atomic E-state index is 2.40. The minimum Gasteiger partial charge on any atom is -1.00 e. The van der Waals surface area contributed by atoms with E-state index in [1.54, 1.807) is 5.19 Å². The van der Waals surface area contributed by atoms with Crippen LogP contribution in [0.25, 0.3) is 0 Å². The second kappa shape index (κ2) is 11.0. The largest absolute Gasteiger partial charge is 4.00 e. The maximum absolute atomic E-state index is 2.40. The van der Waals surface area contributed by atoms with Crippen molar-refractivity contribution in [2.45, 2.75) is 26.1 Å². The van der Waals surface area contributed by atoms with Crippen LogP contribution in [-0.2, 0) is 28.1 Å². The van der Waals surface area contributed by atoms with Gasteiger partial charge in [0.2, 0.25) is 0 Å². The number of rotatable bonds is 3. The zero-order valence-corrected chi connectivity index (χ0v) is 16.8. The third-order valence-electron chi connectivity index (χ3n) is 2.93. The van der Waals surface area contributed by atoms with E-state index in [1.807, 2.05) is 0 Å². The summed E-state index contributed by atoms with van der Waals surface area (Å²) in [5.41, 5.74) is 2.85. The molecule has 0 aliphatic carbocycles. The monoisotopic (exact) mass is 380 g/mol. The Kier molecular flexibility index (Phi) is 13.9. The SMILES string of the molecule is C[Si](C)(C)c1cccc(C[c-]2cccc2)c1.[Cl-].[Cl-].[Cl-].[Ti+4]. The first-order valence-electron chi connectivity index (χ1n) is 5.86. The molecule has 0 aliphatic rings. The summed E-state index contributed by atoms with van der Waals surface area (Å²) in [7, 11) is -1.17. The first kappa shape index (κ1) is 25.3. The quantitative estimate of drug-likeness (QED) is 0.368. The van der Waals surface area contributed by atoms with Crippen LogP contribution >= 0.6 is 0 Å². The minimum absolute atomic E-state index is 0. The second-order valence-corrected chi connectivity index (χ2v) is 10.5. The molecule has 0 spiro atoms. The van der Waals surface area contributed by atoms with Crippen LogP contribution in [0.4, 0.5) is 0 Å². The Morgan fingerprint density at radius 1 is 0.900 bits per heavy atom. The summed E-state index contributed by atoms with van der Waals surface area (Å²) in [5, 5.41) is 1.55. The number of halogens is 3. The van der Waals surface area contributed by atoms with Gasteiger partial charge < -0.3 is 37.2 Å². The van der Waals surface area contributed by atoms with Crippen LogP contribution in [-0.4, -0.2) is 8.07 Å². The second-order valence-electron chi connectivity index (χ2n) is 5.42. The summed E-state index contributed by atoms with van der Waals surface area (Å²) < 4.78 is 0. The van der Waals surface area contributed by atoms with Gasteiger partial charge in [0.1, 0.15) is 0 Å². The van der Waals surface area contributed by atoms with Gasteiger partial charge in [-0.1, -0.05) is 54.7 Å². The molecule has 0 amide bonds. The van der Waals surface area contributed by atoms with Crippen molar-refractivity contribution in [1.82, 2.24) is 0 Å². The van der Waals surface area contributed by atoms with Crippen molar-refractivity contribution in [2.75, 3.05) is 0 Å². The third-order valence-corrected chi connectivity index (χ3v) is 4.98. The fourth-order valence-electron chi connectivity index (χ4n) is 1.92. The Hall–Kier alpha value is 0.371. The van der Waals surface area contributed by atoms with Crippen LogP contribution in [0.15, 0.2) is 48.5 Å². The zero-order valence-electron chi connectivity index (χ0n) is 12.0. The van der Waals surface area contributed by atoms with Crippen molar-refractivity contribution in [3.05, 3.63) is 59.7 Å². The molecule has 0 aromatic heterocycles. The average molecular weight is 382 g/mol. The Morgan fingerprint density at radius 2 is 1.45 bits per heavy atom. The van der Waals surface area contributed by atoms with Crippen molar-refractivity contribution >= 4 is 13.3 Å². The molecule has 2 aromatic rings. The molecule has 0 radical (unpaired) electrons. The van der Waals surface area contributed by atoms with Gasteiger partial charge in [-0.15, -0.1) is 0 Å². The number of benzene rings is 1. The molecule has 0 atom stereocenters. The van der Waals surface area contributed by atoms with Crippen molar-refractivity contribution in [2.24, 2.45) is 0 Å². The summed E-state index contributed by atoms with van der Waals surface area (Å²) in [6, 6.07) is 17.7. The minimum atomic E-state index is -1.17. The molecule has 0 nitrogen and oxygen atoms in total. The van der Waals surface area contributed by atoms with Crippen LogP contribution in [0.5, 0.6) is 0 Å². The van der Waals surface area contributed by atoms with Gasteiger partial charge in [-0.3, -0.25) is 0 Å². The fourth-order valence-corrected chi connectivity index (χ4v) is 3.13. The molecular weight excluding hydrogens is 362 g/mol. The predicted molar refractivity (Wildman–Crippen MR) is 74.3 cm³/mol. The van der Waals surface area contributed by atoms with E-state index in [4.69, 9.17) is 0 Å². The molecule has 5 heteroatoms. The number of hydrogen-bond donors (Lipinski definition) is 0. The predicted octanol–water partition coefficient (Wildman–Crippen LogP) is -5.45. The molecule has 108 valence electrons. The standard InChI is InChI=1S/C15H19Si.3ClH.Ti/c1-16(2,3)15-10-6-9-14(12-15)11-13-7-4-5-8-13;;;;/h4-10,12H,11H2,1-3H3;3*1H;/q-1;;;;+4/p-3. The van der Waals surface area contributed by atoms with E-state index in [0.29, 0.717) is 0 Å². The summed E-state index contributed by atoms with van der Waals surface area (Å²) in [6.07, 6.45) is 1.06. The van der Waals surface area contributed by atoms with Gasteiger partial charge in [0.25, 0.3) is 0 Å². The maximum Gasteiger partial charge on any atom is 4.00 e. The van der Waals surface area contributed by atoms with E-state index in [2.05, 4.69) is 68.2 Å². The molecular formula is C15H19Cl3SiTi. The van der Waals surface area contributed by atoms with Crippen molar-refractivity contribution in [3.63, 3.8) is 0 Å². The molecule has 0 saturated heterocycles. The first-order chi connectivity index (χ1) is 7.55. The summed E-state index contributed by atoms with van der Waals surface area (Å²) >= 11 is 0. The van der Waals surface area contributed by atoms with Gasteiger partial charge in [0.05, 0.1) is 8.07 Å². The smallest absolute Gasteiger partial charge is 1.00 e. The molecule has 0 aliphatic heterocycles. The van der Waals surface area contributed by atoms with Crippen LogP contribution in [0, 0.1) is 0 Å². The molecule has 20 heavy (non-hydrogen) atoms. The molecule has 0 unspecified atom stereocenters. The van der Waals surface area contributed by atoms with Gasteiger partial charge in [-0.25, -0.2) is 12.1 Å². The van der Waals surface area contributed by atoms with Crippen LogP contribution in [0.1, 0.15) is 11.1 Å². The molecule has 0 fully saturated rings. The third kappa shape index (κ3) is 7.40. The molecule has 0 bridgehead atoms. The van der Waals surface area contributed by atoms with E-state index in [9.17, 15) is 0 Å². The Morgan fingerprint density at radius 3 is 1.95 bits per heavy atom. The average Bonchev–Trinajstić information content (AvgIpc) is 2.70. The van der Waals surface area contributed by atoms with Crippen LogP contribution < -0.4 is 42.4 Å². The summed E-state index contributed by atoms with van der Waals surface area (Å²) in [6.45, 7) is 7.19. The van der Waals surface area contributed by atoms with Gasteiger partial charge >= 0.3 is 21.7 Å². The Labute approximate surface area is 157 Å². The molecule has 2 aromatic carbocycles. The zero-order chi connectivity index (χ0) is 11.6. The van der Waals surface area contributed by atoms with Crippen molar-refractivity contribution in [1.29, 1.82) is 0 Å². The van der Waals surface area contributed by atoms with Crippen LogP contribution in [0.3, 0.4) is 0 Å². The van der Waals surface area contributed by atoms with E-state index >= 15 is 0 Å². The van der Waals surface area contributed by atoms with E-state index < -0.39 is 8.07 Å². The van der Waals surface area contributed by atoms with Gasteiger partial charge in [0, 0.05) is 0 Å². The summed E-state index contributed by atoms with van der Waals surface area (Å²) in [5.74, 6) is 0.